The van der Waals surface area contributed by atoms with Crippen LogP contribution in [0.25, 0.3) is 11.4 Å². The van der Waals surface area contributed by atoms with Crippen molar-refractivity contribution in [2.75, 3.05) is 7.05 Å². The van der Waals surface area contributed by atoms with Crippen molar-refractivity contribution in [3.63, 3.8) is 0 Å². The molecule has 0 bridgehead atoms. The van der Waals surface area contributed by atoms with Gasteiger partial charge in [0.15, 0.2) is 0 Å². The van der Waals surface area contributed by atoms with E-state index in [1.807, 2.05) is 26.1 Å². The Hall–Kier alpha value is -2.17. The maximum atomic E-state index is 12.1. The molecule has 0 N–H and O–H groups in total. The summed E-state index contributed by atoms with van der Waals surface area (Å²) in [6.07, 6.45) is 1.80. The maximum absolute atomic E-state index is 12.1. The van der Waals surface area contributed by atoms with Crippen LogP contribution in [0.5, 0.6) is 0 Å². The van der Waals surface area contributed by atoms with Crippen LogP contribution in [0.15, 0.2) is 28.8 Å². The zero-order valence-electron chi connectivity index (χ0n) is 15.2. The molecular formula is C19H27N3O2. The van der Waals surface area contributed by atoms with E-state index in [1.54, 1.807) is 4.90 Å². The van der Waals surface area contributed by atoms with Crippen molar-refractivity contribution >= 4 is 5.91 Å². The van der Waals surface area contributed by atoms with E-state index in [-0.39, 0.29) is 11.9 Å². The van der Waals surface area contributed by atoms with Crippen LogP contribution in [0, 0.1) is 0 Å². The molecule has 1 aromatic carbocycles. The van der Waals surface area contributed by atoms with Gasteiger partial charge in [-0.05, 0) is 24.8 Å². The van der Waals surface area contributed by atoms with Crippen molar-refractivity contribution in [1.29, 1.82) is 0 Å². The van der Waals surface area contributed by atoms with Crippen molar-refractivity contribution in [3.8, 4) is 11.4 Å². The first kappa shape index (κ1) is 18.2. The summed E-state index contributed by atoms with van der Waals surface area (Å²) < 4.78 is 5.28. The van der Waals surface area contributed by atoms with Crippen molar-refractivity contribution in [2.24, 2.45) is 0 Å². The summed E-state index contributed by atoms with van der Waals surface area (Å²) in [5.41, 5.74) is 2.21. The monoisotopic (exact) mass is 329 g/mol. The molecule has 0 aliphatic carbocycles. The molecule has 2 rings (SSSR count). The zero-order valence-corrected chi connectivity index (χ0v) is 15.2. The van der Waals surface area contributed by atoms with Gasteiger partial charge in [-0.15, -0.1) is 0 Å². The molecule has 1 amide bonds. The standard InChI is InChI=1S/C19H27N3O2/c1-6-14(4)22(5)18(23)12-11-17-20-19(21-24-17)16-9-7-15(8-10-16)13(2)3/h7-10,13-14H,6,11-12H2,1-5H3. The Bertz CT molecular complexity index is 662. The van der Waals surface area contributed by atoms with Crippen LogP contribution >= 0.6 is 0 Å². The molecule has 5 heteroatoms. The van der Waals surface area contributed by atoms with Gasteiger partial charge in [0.1, 0.15) is 0 Å². The van der Waals surface area contributed by atoms with Gasteiger partial charge >= 0.3 is 0 Å². The predicted molar refractivity (Wildman–Crippen MR) is 94.7 cm³/mol. The van der Waals surface area contributed by atoms with Crippen molar-refractivity contribution in [2.45, 2.75) is 58.9 Å². The first-order valence-electron chi connectivity index (χ1n) is 8.61. The average Bonchev–Trinajstić information content (AvgIpc) is 3.07. The summed E-state index contributed by atoms with van der Waals surface area (Å²) in [5, 5.41) is 4.02. The van der Waals surface area contributed by atoms with E-state index < -0.39 is 0 Å². The Morgan fingerprint density at radius 1 is 1.21 bits per heavy atom. The number of benzene rings is 1. The molecule has 24 heavy (non-hydrogen) atoms. The number of aryl methyl sites for hydroxylation is 1. The van der Waals surface area contributed by atoms with Crippen LogP contribution < -0.4 is 0 Å². The molecule has 0 fully saturated rings. The lowest BCUT2D eigenvalue weighted by Crippen LogP contribution is -2.34. The first-order valence-corrected chi connectivity index (χ1v) is 8.61. The molecule has 1 unspecified atom stereocenters. The Balaban J connectivity index is 1.97. The van der Waals surface area contributed by atoms with E-state index in [1.165, 1.54) is 5.56 Å². The van der Waals surface area contributed by atoms with Crippen LogP contribution in [-0.2, 0) is 11.2 Å². The number of amides is 1. The van der Waals surface area contributed by atoms with Crippen molar-refractivity contribution in [1.82, 2.24) is 15.0 Å². The van der Waals surface area contributed by atoms with Crippen LogP contribution in [-0.4, -0.2) is 34.0 Å². The zero-order chi connectivity index (χ0) is 17.7. The third kappa shape index (κ3) is 4.43. The second-order valence-electron chi connectivity index (χ2n) is 6.55. The molecule has 0 saturated heterocycles. The number of rotatable bonds is 7. The largest absolute Gasteiger partial charge is 0.343 e. The molecule has 5 nitrogen and oxygen atoms in total. The first-order chi connectivity index (χ1) is 11.4. The molecule has 0 spiro atoms. The minimum Gasteiger partial charge on any atom is -0.343 e. The van der Waals surface area contributed by atoms with E-state index in [0.29, 0.717) is 30.5 Å². The van der Waals surface area contributed by atoms with Gasteiger partial charge in [0.25, 0.3) is 0 Å². The normalized spacial score (nSPS) is 12.4. The number of hydrogen-bond donors (Lipinski definition) is 0. The third-order valence-electron chi connectivity index (χ3n) is 4.50. The highest BCUT2D eigenvalue weighted by Gasteiger charge is 2.16. The molecule has 2 aromatic rings. The Morgan fingerprint density at radius 3 is 2.46 bits per heavy atom. The maximum Gasteiger partial charge on any atom is 0.227 e. The summed E-state index contributed by atoms with van der Waals surface area (Å²) in [6.45, 7) is 8.44. The number of carbonyl (C=O) groups is 1. The Morgan fingerprint density at radius 2 is 1.88 bits per heavy atom. The van der Waals surface area contributed by atoms with Gasteiger partial charge < -0.3 is 9.42 Å². The van der Waals surface area contributed by atoms with Gasteiger partial charge in [0, 0.05) is 31.5 Å². The van der Waals surface area contributed by atoms with Crippen LogP contribution in [0.4, 0.5) is 0 Å². The second-order valence-corrected chi connectivity index (χ2v) is 6.55. The SMILES string of the molecule is CCC(C)N(C)C(=O)CCc1nc(-c2ccc(C(C)C)cc2)no1. The van der Waals surface area contributed by atoms with Gasteiger partial charge in [0.2, 0.25) is 17.6 Å². The van der Waals surface area contributed by atoms with Crippen LogP contribution in [0.2, 0.25) is 0 Å². The molecule has 1 heterocycles. The minimum atomic E-state index is 0.102. The Kier molecular flexibility index (Phi) is 6.12. The minimum absolute atomic E-state index is 0.102. The molecule has 0 aliphatic heterocycles. The molecule has 130 valence electrons. The number of aromatic nitrogens is 2. The van der Waals surface area contributed by atoms with Gasteiger partial charge in [-0.3, -0.25) is 4.79 Å². The van der Waals surface area contributed by atoms with Gasteiger partial charge in [-0.25, -0.2) is 0 Å². The van der Waals surface area contributed by atoms with E-state index >= 15 is 0 Å². The summed E-state index contributed by atoms with van der Waals surface area (Å²) in [7, 11) is 1.84. The van der Waals surface area contributed by atoms with Crippen LogP contribution in [0.1, 0.15) is 57.9 Å². The fourth-order valence-corrected chi connectivity index (χ4v) is 2.40. The summed E-state index contributed by atoms with van der Waals surface area (Å²) in [5.74, 6) is 1.67. The molecule has 1 atom stereocenters. The summed E-state index contributed by atoms with van der Waals surface area (Å²) in [6, 6.07) is 8.43. The van der Waals surface area contributed by atoms with E-state index in [9.17, 15) is 4.79 Å². The van der Waals surface area contributed by atoms with Gasteiger partial charge in [0.05, 0.1) is 0 Å². The van der Waals surface area contributed by atoms with E-state index in [2.05, 4.69) is 43.0 Å². The molecule has 1 aromatic heterocycles. The van der Waals surface area contributed by atoms with Crippen LogP contribution in [0.3, 0.4) is 0 Å². The van der Waals surface area contributed by atoms with Crippen molar-refractivity contribution < 1.29 is 9.32 Å². The third-order valence-corrected chi connectivity index (χ3v) is 4.50. The molecule has 0 radical (unpaired) electrons. The summed E-state index contributed by atoms with van der Waals surface area (Å²) in [4.78, 5) is 18.3. The van der Waals surface area contributed by atoms with Gasteiger partial charge in [-0.1, -0.05) is 50.2 Å². The topological polar surface area (TPSA) is 59.2 Å². The molecule has 0 saturated carbocycles. The molecule has 0 aliphatic rings. The lowest BCUT2D eigenvalue weighted by molar-refractivity contribution is -0.131. The fourth-order valence-electron chi connectivity index (χ4n) is 2.40. The lowest BCUT2D eigenvalue weighted by atomic mass is 10.0. The molecular weight excluding hydrogens is 302 g/mol. The highest BCUT2D eigenvalue weighted by molar-refractivity contribution is 5.76. The fraction of sp³-hybridized carbons (Fsp3) is 0.526. The van der Waals surface area contributed by atoms with Gasteiger partial charge in [-0.2, -0.15) is 4.98 Å². The highest BCUT2D eigenvalue weighted by atomic mass is 16.5. The van der Waals surface area contributed by atoms with Crippen molar-refractivity contribution in [3.05, 3.63) is 35.7 Å². The second kappa shape index (κ2) is 8.08. The predicted octanol–water partition coefficient (Wildman–Crippen LogP) is 4.05. The highest BCUT2D eigenvalue weighted by Crippen LogP contribution is 2.20. The lowest BCUT2D eigenvalue weighted by Gasteiger charge is -2.23. The summed E-state index contributed by atoms with van der Waals surface area (Å²) >= 11 is 0. The van der Waals surface area contributed by atoms with E-state index in [4.69, 9.17) is 4.52 Å². The van der Waals surface area contributed by atoms with E-state index in [0.717, 1.165) is 12.0 Å². The Labute approximate surface area is 144 Å². The number of nitrogens with zero attached hydrogens (tertiary/aromatic N) is 3. The smallest absolute Gasteiger partial charge is 0.227 e. The number of hydrogen-bond acceptors (Lipinski definition) is 4. The average molecular weight is 329 g/mol. The quantitative estimate of drug-likeness (QED) is 0.769. The number of carbonyl (C=O) groups excluding carboxylic acids is 1.